The first kappa shape index (κ1) is 16.9. The summed E-state index contributed by atoms with van der Waals surface area (Å²) >= 11 is 0. The molecule has 106 valence electrons. The molecule has 0 aromatic carbocycles. The standard InChI is InChI=1S/C12H22O6/c1-5-12(4,10(16)18-8-14)6-11(2,3)9(15)17-7-13/h13-14H,5-8H2,1-4H3. The Bertz CT molecular complexity index is 299. The van der Waals surface area contributed by atoms with Gasteiger partial charge in [-0.25, -0.2) is 0 Å². The summed E-state index contributed by atoms with van der Waals surface area (Å²) in [6.45, 7) is 5.35. The number of ether oxygens (including phenoxy) is 2. The Balaban J connectivity index is 4.89. The summed E-state index contributed by atoms with van der Waals surface area (Å²) in [5.41, 5.74) is -1.82. The fourth-order valence-corrected chi connectivity index (χ4v) is 1.88. The Labute approximate surface area is 107 Å². The number of aliphatic hydroxyl groups excluding tert-OH is 2. The summed E-state index contributed by atoms with van der Waals surface area (Å²) in [5.74, 6) is -1.14. The van der Waals surface area contributed by atoms with E-state index in [1.165, 1.54) is 0 Å². The Morgan fingerprint density at radius 2 is 1.44 bits per heavy atom. The molecule has 0 saturated carbocycles. The van der Waals surface area contributed by atoms with Gasteiger partial charge < -0.3 is 19.7 Å². The van der Waals surface area contributed by atoms with Gasteiger partial charge in [0.15, 0.2) is 13.6 Å². The zero-order valence-electron chi connectivity index (χ0n) is 11.4. The molecule has 1 atom stereocenters. The highest BCUT2D eigenvalue weighted by Crippen LogP contribution is 2.38. The number of carbonyl (C=O) groups is 2. The van der Waals surface area contributed by atoms with E-state index in [4.69, 9.17) is 10.2 Å². The van der Waals surface area contributed by atoms with Gasteiger partial charge >= 0.3 is 11.9 Å². The predicted octanol–water partition coefficient (Wildman–Crippen LogP) is 0.805. The molecule has 0 bridgehead atoms. The third-order valence-corrected chi connectivity index (χ3v) is 3.05. The first-order valence-electron chi connectivity index (χ1n) is 5.79. The monoisotopic (exact) mass is 262 g/mol. The van der Waals surface area contributed by atoms with E-state index >= 15 is 0 Å². The van der Waals surface area contributed by atoms with Gasteiger partial charge in [0.25, 0.3) is 0 Å². The number of esters is 2. The number of carbonyl (C=O) groups excluding carboxylic acids is 2. The van der Waals surface area contributed by atoms with E-state index in [1.807, 2.05) is 0 Å². The third-order valence-electron chi connectivity index (χ3n) is 3.05. The van der Waals surface area contributed by atoms with E-state index in [0.29, 0.717) is 6.42 Å². The molecular formula is C12H22O6. The summed E-state index contributed by atoms with van der Waals surface area (Å²) in [7, 11) is 0. The molecule has 0 aliphatic heterocycles. The minimum atomic E-state index is -0.929. The maximum Gasteiger partial charge on any atom is 0.313 e. The Kier molecular flexibility index (Phi) is 6.28. The van der Waals surface area contributed by atoms with Crippen LogP contribution in [-0.2, 0) is 19.1 Å². The van der Waals surface area contributed by atoms with E-state index < -0.39 is 36.4 Å². The molecule has 2 N–H and O–H groups in total. The van der Waals surface area contributed by atoms with Crippen molar-refractivity contribution in [3.63, 3.8) is 0 Å². The van der Waals surface area contributed by atoms with E-state index in [0.717, 1.165) is 0 Å². The molecule has 0 amide bonds. The van der Waals surface area contributed by atoms with Crippen LogP contribution in [0, 0.1) is 10.8 Å². The highest BCUT2D eigenvalue weighted by Gasteiger charge is 2.42. The topological polar surface area (TPSA) is 93.1 Å². The minimum Gasteiger partial charge on any atom is -0.438 e. The van der Waals surface area contributed by atoms with Crippen molar-refractivity contribution in [3.8, 4) is 0 Å². The van der Waals surface area contributed by atoms with Crippen molar-refractivity contribution >= 4 is 11.9 Å². The van der Waals surface area contributed by atoms with Crippen LogP contribution in [0.3, 0.4) is 0 Å². The quantitative estimate of drug-likeness (QED) is 0.521. The maximum absolute atomic E-state index is 11.8. The molecule has 0 aliphatic rings. The smallest absolute Gasteiger partial charge is 0.313 e. The number of hydrogen-bond acceptors (Lipinski definition) is 6. The van der Waals surface area contributed by atoms with Crippen LogP contribution in [0.2, 0.25) is 0 Å². The molecule has 6 nitrogen and oxygen atoms in total. The van der Waals surface area contributed by atoms with Gasteiger partial charge in [-0.3, -0.25) is 9.59 Å². The average Bonchev–Trinajstić information content (AvgIpc) is 2.29. The van der Waals surface area contributed by atoms with Crippen molar-refractivity contribution in [1.82, 2.24) is 0 Å². The molecule has 0 fully saturated rings. The lowest BCUT2D eigenvalue weighted by Gasteiger charge is -2.33. The zero-order valence-corrected chi connectivity index (χ0v) is 11.4. The number of rotatable bonds is 7. The van der Waals surface area contributed by atoms with Gasteiger partial charge in [-0.05, 0) is 33.6 Å². The van der Waals surface area contributed by atoms with Crippen LogP contribution in [0.25, 0.3) is 0 Å². The first-order valence-corrected chi connectivity index (χ1v) is 5.79. The Morgan fingerprint density at radius 3 is 1.83 bits per heavy atom. The summed E-state index contributed by atoms with van der Waals surface area (Å²) < 4.78 is 9.15. The van der Waals surface area contributed by atoms with Gasteiger partial charge in [0, 0.05) is 0 Å². The SMILES string of the molecule is CCC(C)(CC(C)(C)C(=O)OCO)C(=O)OCO. The van der Waals surface area contributed by atoms with Crippen molar-refractivity contribution in [2.45, 2.75) is 40.5 Å². The van der Waals surface area contributed by atoms with Crippen molar-refractivity contribution in [3.05, 3.63) is 0 Å². The molecule has 0 spiro atoms. The van der Waals surface area contributed by atoms with Gasteiger partial charge in [0.2, 0.25) is 0 Å². The molecular weight excluding hydrogens is 240 g/mol. The van der Waals surface area contributed by atoms with Gasteiger partial charge in [-0.1, -0.05) is 6.92 Å². The highest BCUT2D eigenvalue weighted by molar-refractivity contribution is 5.80. The van der Waals surface area contributed by atoms with Crippen LogP contribution in [0.15, 0.2) is 0 Å². The van der Waals surface area contributed by atoms with Gasteiger partial charge in [0.05, 0.1) is 10.8 Å². The van der Waals surface area contributed by atoms with E-state index in [9.17, 15) is 9.59 Å². The summed E-state index contributed by atoms with van der Waals surface area (Å²) in [6.07, 6.45) is 0.663. The summed E-state index contributed by atoms with van der Waals surface area (Å²) in [6, 6.07) is 0. The lowest BCUT2D eigenvalue weighted by Crippen LogP contribution is -2.38. The second-order valence-corrected chi connectivity index (χ2v) is 5.10. The van der Waals surface area contributed by atoms with Gasteiger partial charge in [-0.15, -0.1) is 0 Å². The van der Waals surface area contributed by atoms with Crippen molar-refractivity contribution in [2.24, 2.45) is 10.8 Å². The second kappa shape index (κ2) is 6.70. The van der Waals surface area contributed by atoms with Crippen molar-refractivity contribution in [1.29, 1.82) is 0 Å². The van der Waals surface area contributed by atoms with Crippen LogP contribution >= 0.6 is 0 Å². The van der Waals surface area contributed by atoms with Gasteiger partial charge in [-0.2, -0.15) is 0 Å². The highest BCUT2D eigenvalue weighted by atomic mass is 16.6. The lowest BCUT2D eigenvalue weighted by atomic mass is 9.72. The molecule has 0 rings (SSSR count). The van der Waals surface area contributed by atoms with Crippen LogP contribution in [0.1, 0.15) is 40.5 Å². The van der Waals surface area contributed by atoms with Gasteiger partial charge in [0.1, 0.15) is 0 Å². The minimum absolute atomic E-state index is 0.203. The van der Waals surface area contributed by atoms with E-state index in [1.54, 1.807) is 27.7 Å². The molecule has 6 heteroatoms. The zero-order chi connectivity index (χ0) is 14.4. The molecule has 0 heterocycles. The predicted molar refractivity (Wildman–Crippen MR) is 63.2 cm³/mol. The third kappa shape index (κ3) is 4.27. The second-order valence-electron chi connectivity index (χ2n) is 5.10. The molecule has 1 unspecified atom stereocenters. The summed E-state index contributed by atoms with van der Waals surface area (Å²) in [4.78, 5) is 23.4. The largest absolute Gasteiger partial charge is 0.438 e. The maximum atomic E-state index is 11.8. The fourth-order valence-electron chi connectivity index (χ4n) is 1.88. The number of aliphatic hydroxyl groups is 2. The van der Waals surface area contributed by atoms with E-state index in [-0.39, 0.29) is 6.42 Å². The Morgan fingerprint density at radius 1 is 1.00 bits per heavy atom. The van der Waals surface area contributed by atoms with Crippen molar-refractivity contribution < 1.29 is 29.3 Å². The fraction of sp³-hybridized carbons (Fsp3) is 0.833. The molecule has 18 heavy (non-hydrogen) atoms. The van der Waals surface area contributed by atoms with Crippen LogP contribution < -0.4 is 0 Å². The first-order chi connectivity index (χ1) is 8.23. The van der Waals surface area contributed by atoms with Crippen LogP contribution in [0.5, 0.6) is 0 Å². The molecule has 0 aliphatic carbocycles. The molecule has 0 aromatic rings. The molecule has 0 saturated heterocycles. The molecule has 0 radical (unpaired) electrons. The van der Waals surface area contributed by atoms with Crippen LogP contribution in [0.4, 0.5) is 0 Å². The van der Waals surface area contributed by atoms with E-state index in [2.05, 4.69) is 9.47 Å². The molecule has 0 aromatic heterocycles. The van der Waals surface area contributed by atoms with Crippen LogP contribution in [-0.4, -0.2) is 35.7 Å². The average molecular weight is 262 g/mol. The van der Waals surface area contributed by atoms with Crippen molar-refractivity contribution in [2.75, 3.05) is 13.6 Å². The Hall–Kier alpha value is -1.14. The summed E-state index contributed by atoms with van der Waals surface area (Å²) in [5, 5.41) is 17.2. The lowest BCUT2D eigenvalue weighted by molar-refractivity contribution is -0.171. The normalized spacial score (nSPS) is 14.8. The number of hydrogen-bond donors (Lipinski definition) is 2.